The van der Waals surface area contributed by atoms with E-state index in [2.05, 4.69) is 15.5 Å². The molecule has 5 nitrogen and oxygen atoms in total. The van der Waals surface area contributed by atoms with Gasteiger partial charge in [-0.2, -0.15) is 5.10 Å². The van der Waals surface area contributed by atoms with Gasteiger partial charge in [-0.05, 0) is 30.4 Å². The number of hydrogen-bond acceptors (Lipinski definition) is 4. The molecule has 0 spiro atoms. The van der Waals surface area contributed by atoms with Gasteiger partial charge in [0.05, 0.1) is 17.8 Å². The Bertz CT molecular complexity index is 921. The number of methoxy groups -OCH3 is 1. The van der Waals surface area contributed by atoms with E-state index in [1.54, 1.807) is 25.3 Å². The Morgan fingerprint density at radius 2 is 2.00 bits per heavy atom. The Hall–Kier alpha value is -2.63. The van der Waals surface area contributed by atoms with Crippen LogP contribution in [0.2, 0.25) is 10.0 Å². The van der Waals surface area contributed by atoms with Gasteiger partial charge in [-0.15, -0.1) is 5.10 Å². The second-order valence-electron chi connectivity index (χ2n) is 5.08. The number of anilines is 1. The van der Waals surface area contributed by atoms with Gasteiger partial charge in [0.25, 0.3) is 5.91 Å². The van der Waals surface area contributed by atoms with E-state index in [0.717, 1.165) is 11.3 Å². The third-order valence-electron chi connectivity index (χ3n) is 3.49. The topological polar surface area (TPSA) is 63.1 Å². The number of halogens is 2. The van der Waals surface area contributed by atoms with Crippen molar-refractivity contribution in [2.24, 2.45) is 10.2 Å². The van der Waals surface area contributed by atoms with Crippen molar-refractivity contribution in [3.05, 3.63) is 63.6 Å². The minimum Gasteiger partial charge on any atom is -0.496 e. The molecule has 1 amide bonds. The molecule has 25 heavy (non-hydrogen) atoms. The molecule has 2 aromatic rings. The highest BCUT2D eigenvalue weighted by Gasteiger charge is 2.28. The lowest BCUT2D eigenvalue weighted by Gasteiger charge is -2.02. The first kappa shape index (κ1) is 17.2. The first-order valence-electron chi connectivity index (χ1n) is 7.31. The van der Waals surface area contributed by atoms with E-state index in [0.29, 0.717) is 21.3 Å². The number of nitrogens with one attached hydrogen (secondary N) is 1. The zero-order valence-electron chi connectivity index (χ0n) is 13.2. The Morgan fingerprint density at radius 3 is 2.80 bits per heavy atom. The summed E-state index contributed by atoms with van der Waals surface area (Å²) in [6.45, 7) is 0. The van der Waals surface area contributed by atoms with Crippen LogP contribution in [0.4, 0.5) is 5.69 Å². The number of nitrogens with zero attached hydrogens (tertiary/aromatic N) is 2. The standard InChI is InChI=1S/C18H13Cl2N3O2/c1-25-15-7-3-2-5-11(15)6-4-8-21-23-17-13-9-12(19)10-14(20)16(13)22-18(17)24/h2-10H,1H3,(H,22,23,24)/b6-4+,21-8-. The molecule has 1 N–H and O–H groups in total. The molecule has 1 aliphatic heterocycles. The molecule has 3 rings (SSSR count). The fourth-order valence-electron chi connectivity index (χ4n) is 2.36. The number of carbonyl (C=O) groups is 1. The highest BCUT2D eigenvalue weighted by molar-refractivity contribution is 6.56. The summed E-state index contributed by atoms with van der Waals surface area (Å²) in [5.74, 6) is 0.386. The number of fused-ring (bicyclic) bond motifs is 1. The smallest absolute Gasteiger partial charge is 0.276 e. The molecule has 2 aromatic carbocycles. The number of carbonyl (C=O) groups excluding carboxylic acids is 1. The molecule has 0 saturated carbocycles. The second kappa shape index (κ2) is 7.51. The van der Waals surface area contributed by atoms with Crippen LogP contribution in [0.15, 0.2) is 52.7 Å². The number of benzene rings is 2. The zero-order valence-corrected chi connectivity index (χ0v) is 14.7. The van der Waals surface area contributed by atoms with E-state index >= 15 is 0 Å². The minimum absolute atomic E-state index is 0.168. The Kier molecular flexibility index (Phi) is 5.16. The molecule has 126 valence electrons. The predicted octanol–water partition coefficient (Wildman–Crippen LogP) is 4.44. The number of para-hydroxylation sites is 1. The second-order valence-corrected chi connectivity index (χ2v) is 5.92. The largest absolute Gasteiger partial charge is 0.496 e. The number of hydrogen-bond donors (Lipinski definition) is 1. The van der Waals surface area contributed by atoms with E-state index in [-0.39, 0.29) is 11.6 Å². The van der Waals surface area contributed by atoms with Gasteiger partial charge in [-0.3, -0.25) is 4.79 Å². The maximum atomic E-state index is 12.0. The van der Waals surface area contributed by atoms with Crippen molar-refractivity contribution >= 4 is 52.8 Å². The molecule has 0 atom stereocenters. The van der Waals surface area contributed by atoms with Crippen LogP contribution in [-0.2, 0) is 4.79 Å². The molecule has 0 fully saturated rings. The first-order chi connectivity index (χ1) is 12.1. The monoisotopic (exact) mass is 373 g/mol. The van der Waals surface area contributed by atoms with Gasteiger partial charge in [0.1, 0.15) is 5.75 Å². The Balaban J connectivity index is 1.80. The van der Waals surface area contributed by atoms with Crippen LogP contribution in [0, 0.1) is 0 Å². The van der Waals surface area contributed by atoms with Gasteiger partial charge in [-0.25, -0.2) is 0 Å². The molecule has 0 saturated heterocycles. The van der Waals surface area contributed by atoms with Crippen molar-refractivity contribution in [3.8, 4) is 5.75 Å². The van der Waals surface area contributed by atoms with Crippen molar-refractivity contribution in [3.63, 3.8) is 0 Å². The molecule has 1 heterocycles. The Labute approximate surface area is 154 Å². The molecular weight excluding hydrogens is 361 g/mol. The Morgan fingerprint density at radius 1 is 1.20 bits per heavy atom. The highest BCUT2D eigenvalue weighted by Crippen LogP contribution is 2.34. The third-order valence-corrected chi connectivity index (χ3v) is 4.01. The summed E-state index contributed by atoms with van der Waals surface area (Å²) in [7, 11) is 1.61. The van der Waals surface area contributed by atoms with Crippen molar-refractivity contribution < 1.29 is 9.53 Å². The normalized spacial score (nSPS) is 15.2. The summed E-state index contributed by atoms with van der Waals surface area (Å²) < 4.78 is 5.26. The van der Waals surface area contributed by atoms with Crippen LogP contribution in [0.5, 0.6) is 5.75 Å². The third kappa shape index (κ3) is 3.73. The van der Waals surface area contributed by atoms with Crippen molar-refractivity contribution in [1.29, 1.82) is 0 Å². The van der Waals surface area contributed by atoms with Crippen LogP contribution in [-0.4, -0.2) is 24.9 Å². The summed E-state index contributed by atoms with van der Waals surface area (Å²) in [6.07, 6.45) is 5.02. The fraction of sp³-hybridized carbons (Fsp3) is 0.0556. The molecule has 1 aliphatic rings. The van der Waals surface area contributed by atoms with Gasteiger partial charge in [-0.1, -0.05) is 41.4 Å². The lowest BCUT2D eigenvalue weighted by molar-refractivity contribution is -0.110. The van der Waals surface area contributed by atoms with E-state index in [9.17, 15) is 4.79 Å². The summed E-state index contributed by atoms with van der Waals surface area (Å²) in [5.41, 5.74) is 2.11. The lowest BCUT2D eigenvalue weighted by atomic mass is 10.1. The average molecular weight is 374 g/mol. The highest BCUT2D eigenvalue weighted by atomic mass is 35.5. The molecule has 0 unspecified atom stereocenters. The van der Waals surface area contributed by atoms with Crippen molar-refractivity contribution in [2.45, 2.75) is 0 Å². The average Bonchev–Trinajstić information content (AvgIpc) is 2.91. The zero-order chi connectivity index (χ0) is 17.8. The van der Waals surface area contributed by atoms with Gasteiger partial charge >= 0.3 is 0 Å². The van der Waals surface area contributed by atoms with Crippen LogP contribution in [0.25, 0.3) is 6.08 Å². The van der Waals surface area contributed by atoms with Crippen molar-refractivity contribution in [1.82, 2.24) is 0 Å². The van der Waals surface area contributed by atoms with E-state index in [1.807, 2.05) is 30.3 Å². The minimum atomic E-state index is -0.370. The van der Waals surface area contributed by atoms with Crippen LogP contribution in [0.3, 0.4) is 0 Å². The van der Waals surface area contributed by atoms with E-state index in [4.69, 9.17) is 27.9 Å². The SMILES string of the molecule is COc1ccccc1/C=C/C=N\N=C1/C(=O)Nc2c(Cl)cc(Cl)cc21. The van der Waals surface area contributed by atoms with Gasteiger partial charge < -0.3 is 10.1 Å². The van der Waals surface area contributed by atoms with Gasteiger partial charge in [0, 0.05) is 22.4 Å². The van der Waals surface area contributed by atoms with Crippen LogP contribution in [0.1, 0.15) is 11.1 Å². The van der Waals surface area contributed by atoms with Gasteiger partial charge in [0.2, 0.25) is 0 Å². The fourth-order valence-corrected chi connectivity index (χ4v) is 2.90. The lowest BCUT2D eigenvalue weighted by Crippen LogP contribution is -2.13. The summed E-state index contributed by atoms with van der Waals surface area (Å²) >= 11 is 12.1. The molecule has 0 aliphatic carbocycles. The number of allylic oxidation sites excluding steroid dienone is 1. The predicted molar refractivity (Wildman–Crippen MR) is 102 cm³/mol. The maximum Gasteiger partial charge on any atom is 0.276 e. The molecular formula is C18H13Cl2N3O2. The quantitative estimate of drug-likeness (QED) is 0.635. The van der Waals surface area contributed by atoms with Gasteiger partial charge in [0.15, 0.2) is 5.71 Å². The summed E-state index contributed by atoms with van der Waals surface area (Å²) in [4.78, 5) is 12.0. The van der Waals surface area contributed by atoms with E-state index < -0.39 is 0 Å². The van der Waals surface area contributed by atoms with Crippen molar-refractivity contribution in [2.75, 3.05) is 12.4 Å². The molecule has 0 aromatic heterocycles. The number of rotatable bonds is 4. The summed E-state index contributed by atoms with van der Waals surface area (Å²) in [6, 6.07) is 10.8. The first-order valence-corrected chi connectivity index (χ1v) is 8.07. The van der Waals surface area contributed by atoms with Crippen LogP contribution < -0.4 is 10.1 Å². The molecule has 7 heteroatoms. The summed E-state index contributed by atoms with van der Waals surface area (Å²) in [5, 5.41) is 11.3. The maximum absolute atomic E-state index is 12.0. The number of ether oxygens (including phenoxy) is 1. The van der Waals surface area contributed by atoms with Crippen LogP contribution >= 0.6 is 23.2 Å². The molecule has 0 radical (unpaired) electrons. The number of amides is 1. The molecule has 0 bridgehead atoms. The van der Waals surface area contributed by atoms with E-state index in [1.165, 1.54) is 6.21 Å².